The molecule has 3 nitrogen and oxygen atoms in total. The van der Waals surface area contributed by atoms with Crippen LogP contribution in [0.3, 0.4) is 0 Å². The molecule has 0 aliphatic heterocycles. The molecule has 0 saturated carbocycles. The predicted molar refractivity (Wildman–Crippen MR) is 84.4 cm³/mol. The highest BCUT2D eigenvalue weighted by molar-refractivity contribution is 9.10. The molecule has 0 spiro atoms. The number of rotatable bonds is 5. The van der Waals surface area contributed by atoms with Crippen LogP contribution in [-0.2, 0) is 6.54 Å². The third-order valence-electron chi connectivity index (χ3n) is 3.17. The van der Waals surface area contributed by atoms with Gasteiger partial charge in [-0.1, -0.05) is 40.2 Å². The Labute approximate surface area is 127 Å². The summed E-state index contributed by atoms with van der Waals surface area (Å²) in [6, 6.07) is 15.8. The molecule has 0 aliphatic rings. The Morgan fingerprint density at radius 2 is 2.00 bits per heavy atom. The van der Waals surface area contributed by atoms with E-state index in [1.54, 1.807) is 6.07 Å². The molecule has 0 aliphatic carbocycles. The highest BCUT2D eigenvalue weighted by Gasteiger charge is 2.06. The SMILES string of the molecule is CC(NCc1cccc(C(N)=O)c1)c1cccc(Br)c1. The number of hydrogen-bond donors (Lipinski definition) is 2. The van der Waals surface area contributed by atoms with Crippen LogP contribution in [0.5, 0.6) is 0 Å². The van der Waals surface area contributed by atoms with Crippen LogP contribution in [-0.4, -0.2) is 5.91 Å². The average molecular weight is 333 g/mol. The van der Waals surface area contributed by atoms with E-state index in [2.05, 4.69) is 40.3 Å². The molecule has 2 aromatic carbocycles. The molecule has 0 bridgehead atoms. The average Bonchev–Trinajstić information content (AvgIpc) is 2.45. The normalized spacial score (nSPS) is 12.1. The highest BCUT2D eigenvalue weighted by atomic mass is 79.9. The van der Waals surface area contributed by atoms with Crippen molar-refractivity contribution in [2.45, 2.75) is 19.5 Å². The van der Waals surface area contributed by atoms with E-state index >= 15 is 0 Å². The zero-order chi connectivity index (χ0) is 14.5. The number of carbonyl (C=O) groups is 1. The summed E-state index contributed by atoms with van der Waals surface area (Å²) in [5.74, 6) is -0.396. The van der Waals surface area contributed by atoms with Crippen LogP contribution in [0.4, 0.5) is 0 Å². The number of amides is 1. The lowest BCUT2D eigenvalue weighted by Crippen LogP contribution is -2.18. The lowest BCUT2D eigenvalue weighted by atomic mass is 10.1. The molecule has 2 rings (SSSR count). The van der Waals surface area contributed by atoms with Crippen molar-refractivity contribution in [1.29, 1.82) is 0 Å². The van der Waals surface area contributed by atoms with Gasteiger partial charge in [0.2, 0.25) is 5.91 Å². The molecule has 1 unspecified atom stereocenters. The Morgan fingerprint density at radius 3 is 2.70 bits per heavy atom. The summed E-state index contributed by atoms with van der Waals surface area (Å²) in [5.41, 5.74) is 8.08. The van der Waals surface area contributed by atoms with Gasteiger partial charge in [0.1, 0.15) is 0 Å². The second-order valence-electron chi connectivity index (χ2n) is 4.72. The van der Waals surface area contributed by atoms with E-state index in [1.807, 2.05) is 30.3 Å². The fourth-order valence-corrected chi connectivity index (χ4v) is 2.42. The number of carbonyl (C=O) groups excluding carboxylic acids is 1. The minimum atomic E-state index is -0.396. The molecule has 104 valence electrons. The molecule has 20 heavy (non-hydrogen) atoms. The minimum Gasteiger partial charge on any atom is -0.366 e. The Balaban J connectivity index is 2.01. The molecule has 2 aromatic rings. The Morgan fingerprint density at radius 1 is 1.25 bits per heavy atom. The first-order valence-corrected chi connectivity index (χ1v) is 7.23. The molecular formula is C16H17BrN2O. The lowest BCUT2D eigenvalue weighted by Gasteiger charge is -2.15. The zero-order valence-corrected chi connectivity index (χ0v) is 12.9. The predicted octanol–water partition coefficient (Wildman–Crippen LogP) is 3.40. The van der Waals surface area contributed by atoms with Gasteiger partial charge in [-0.05, 0) is 42.3 Å². The molecule has 0 radical (unpaired) electrons. The lowest BCUT2D eigenvalue weighted by molar-refractivity contribution is 0.1000. The van der Waals surface area contributed by atoms with Gasteiger partial charge in [0.15, 0.2) is 0 Å². The maximum absolute atomic E-state index is 11.1. The molecule has 0 heterocycles. The standard InChI is InChI=1S/C16H17BrN2O/c1-11(13-5-3-7-15(17)9-13)19-10-12-4-2-6-14(8-12)16(18)20/h2-9,11,19H,10H2,1H3,(H2,18,20). The van der Waals surface area contributed by atoms with E-state index in [1.165, 1.54) is 5.56 Å². The number of benzene rings is 2. The van der Waals surface area contributed by atoms with Gasteiger partial charge in [0.25, 0.3) is 0 Å². The third-order valence-corrected chi connectivity index (χ3v) is 3.67. The summed E-state index contributed by atoms with van der Waals surface area (Å²) in [6.07, 6.45) is 0. The Hall–Kier alpha value is -1.65. The van der Waals surface area contributed by atoms with Crippen molar-refractivity contribution in [3.8, 4) is 0 Å². The highest BCUT2D eigenvalue weighted by Crippen LogP contribution is 2.18. The van der Waals surface area contributed by atoms with Crippen LogP contribution in [0.2, 0.25) is 0 Å². The van der Waals surface area contributed by atoms with Crippen LogP contribution in [0.25, 0.3) is 0 Å². The van der Waals surface area contributed by atoms with Crippen LogP contribution < -0.4 is 11.1 Å². The largest absolute Gasteiger partial charge is 0.366 e. The van der Waals surface area contributed by atoms with E-state index in [-0.39, 0.29) is 6.04 Å². The van der Waals surface area contributed by atoms with Crippen molar-refractivity contribution in [3.63, 3.8) is 0 Å². The van der Waals surface area contributed by atoms with Crippen LogP contribution in [0.1, 0.15) is 34.5 Å². The summed E-state index contributed by atoms with van der Waals surface area (Å²) in [5, 5.41) is 3.44. The molecule has 0 aromatic heterocycles. The van der Waals surface area contributed by atoms with Crippen molar-refractivity contribution < 1.29 is 4.79 Å². The smallest absolute Gasteiger partial charge is 0.248 e. The summed E-state index contributed by atoms with van der Waals surface area (Å²) in [7, 11) is 0. The van der Waals surface area contributed by atoms with E-state index in [0.717, 1.165) is 10.0 Å². The van der Waals surface area contributed by atoms with Gasteiger partial charge in [-0.15, -0.1) is 0 Å². The number of nitrogens with two attached hydrogens (primary N) is 1. The number of halogens is 1. The monoisotopic (exact) mass is 332 g/mol. The summed E-state index contributed by atoms with van der Waals surface area (Å²) >= 11 is 3.47. The second kappa shape index (κ2) is 6.68. The minimum absolute atomic E-state index is 0.227. The van der Waals surface area contributed by atoms with E-state index < -0.39 is 5.91 Å². The van der Waals surface area contributed by atoms with E-state index in [0.29, 0.717) is 12.1 Å². The van der Waals surface area contributed by atoms with E-state index in [4.69, 9.17) is 5.73 Å². The molecule has 1 atom stereocenters. The first-order chi connectivity index (χ1) is 9.56. The quantitative estimate of drug-likeness (QED) is 0.881. The van der Waals surface area contributed by atoms with E-state index in [9.17, 15) is 4.79 Å². The first kappa shape index (κ1) is 14.8. The van der Waals surface area contributed by atoms with Gasteiger partial charge in [-0.2, -0.15) is 0 Å². The fourth-order valence-electron chi connectivity index (χ4n) is 2.00. The molecule has 0 fully saturated rings. The van der Waals surface area contributed by atoms with Gasteiger partial charge < -0.3 is 11.1 Å². The van der Waals surface area contributed by atoms with Gasteiger partial charge in [-0.3, -0.25) is 4.79 Å². The number of nitrogens with one attached hydrogen (secondary N) is 1. The third kappa shape index (κ3) is 3.92. The summed E-state index contributed by atoms with van der Waals surface area (Å²) in [4.78, 5) is 11.1. The van der Waals surface area contributed by atoms with Crippen LogP contribution in [0.15, 0.2) is 53.0 Å². The molecular weight excluding hydrogens is 316 g/mol. The molecule has 4 heteroatoms. The van der Waals surface area contributed by atoms with Crippen molar-refractivity contribution >= 4 is 21.8 Å². The topological polar surface area (TPSA) is 55.1 Å². The van der Waals surface area contributed by atoms with Crippen molar-refractivity contribution in [2.75, 3.05) is 0 Å². The zero-order valence-electron chi connectivity index (χ0n) is 11.3. The summed E-state index contributed by atoms with van der Waals surface area (Å²) < 4.78 is 1.07. The fraction of sp³-hybridized carbons (Fsp3) is 0.188. The number of hydrogen-bond acceptors (Lipinski definition) is 2. The second-order valence-corrected chi connectivity index (χ2v) is 5.64. The van der Waals surface area contributed by atoms with Crippen LogP contribution >= 0.6 is 15.9 Å². The molecule has 3 N–H and O–H groups in total. The van der Waals surface area contributed by atoms with Crippen LogP contribution in [0, 0.1) is 0 Å². The van der Waals surface area contributed by atoms with Crippen molar-refractivity contribution in [3.05, 3.63) is 69.7 Å². The first-order valence-electron chi connectivity index (χ1n) is 6.44. The Kier molecular flexibility index (Phi) is 4.93. The van der Waals surface area contributed by atoms with Gasteiger partial charge >= 0.3 is 0 Å². The summed E-state index contributed by atoms with van der Waals surface area (Å²) in [6.45, 7) is 2.80. The maximum atomic E-state index is 11.1. The molecule has 1 amide bonds. The maximum Gasteiger partial charge on any atom is 0.248 e. The van der Waals surface area contributed by atoms with Gasteiger partial charge in [0, 0.05) is 22.6 Å². The van der Waals surface area contributed by atoms with Gasteiger partial charge in [0.05, 0.1) is 0 Å². The van der Waals surface area contributed by atoms with Gasteiger partial charge in [-0.25, -0.2) is 0 Å². The van der Waals surface area contributed by atoms with Crippen molar-refractivity contribution in [2.24, 2.45) is 5.73 Å². The van der Waals surface area contributed by atoms with Crippen molar-refractivity contribution in [1.82, 2.24) is 5.32 Å². The molecule has 0 saturated heterocycles. The number of primary amides is 1. The Bertz CT molecular complexity index is 613.